The van der Waals surface area contributed by atoms with Crippen molar-refractivity contribution in [3.05, 3.63) is 41.1 Å². The standard InChI is InChI=1S/C13H14N4O3/c1-7-3-4-10(8(5-7)13(19)20)16-12(18)9-6-15-17(2)11(9)14/h3-6H,14H2,1-2H3,(H,16,18)(H,19,20). The zero-order chi connectivity index (χ0) is 14.9. The van der Waals surface area contributed by atoms with Gasteiger partial charge in [0.1, 0.15) is 11.4 Å². The van der Waals surface area contributed by atoms with Gasteiger partial charge < -0.3 is 16.2 Å². The number of hydrogen-bond donors (Lipinski definition) is 3. The van der Waals surface area contributed by atoms with Crippen LogP contribution in [0.15, 0.2) is 24.4 Å². The van der Waals surface area contributed by atoms with Crippen LogP contribution >= 0.6 is 0 Å². The van der Waals surface area contributed by atoms with E-state index in [9.17, 15) is 9.59 Å². The number of nitrogens with zero attached hydrogens (tertiary/aromatic N) is 2. The molecule has 104 valence electrons. The maximum Gasteiger partial charge on any atom is 0.337 e. The van der Waals surface area contributed by atoms with E-state index in [-0.39, 0.29) is 22.6 Å². The Morgan fingerprint density at radius 1 is 1.35 bits per heavy atom. The summed E-state index contributed by atoms with van der Waals surface area (Å²) < 4.78 is 1.36. The average Bonchev–Trinajstić information content (AvgIpc) is 2.72. The molecule has 1 aromatic heterocycles. The van der Waals surface area contributed by atoms with E-state index in [1.54, 1.807) is 26.1 Å². The highest BCUT2D eigenvalue weighted by atomic mass is 16.4. The van der Waals surface area contributed by atoms with Crippen LogP contribution in [0.25, 0.3) is 0 Å². The van der Waals surface area contributed by atoms with Crippen molar-refractivity contribution in [2.45, 2.75) is 6.92 Å². The number of nitrogen functional groups attached to an aromatic ring is 1. The fourth-order valence-electron chi connectivity index (χ4n) is 1.76. The number of aromatic carboxylic acids is 1. The first kappa shape index (κ1) is 13.6. The van der Waals surface area contributed by atoms with Crippen LogP contribution in [0.1, 0.15) is 26.3 Å². The van der Waals surface area contributed by atoms with Gasteiger partial charge in [-0.25, -0.2) is 4.79 Å². The fourth-order valence-corrected chi connectivity index (χ4v) is 1.76. The highest BCUT2D eigenvalue weighted by Gasteiger charge is 2.17. The molecule has 1 aromatic carbocycles. The number of carbonyl (C=O) groups excluding carboxylic acids is 1. The molecule has 2 aromatic rings. The van der Waals surface area contributed by atoms with Crippen LogP contribution in [-0.4, -0.2) is 26.8 Å². The van der Waals surface area contributed by atoms with E-state index in [0.717, 1.165) is 5.56 Å². The van der Waals surface area contributed by atoms with Crippen LogP contribution in [0.5, 0.6) is 0 Å². The molecule has 4 N–H and O–H groups in total. The molecule has 0 saturated carbocycles. The van der Waals surface area contributed by atoms with Gasteiger partial charge in [-0.05, 0) is 19.1 Å². The molecular formula is C13H14N4O3. The first-order valence-electron chi connectivity index (χ1n) is 5.83. The molecule has 0 spiro atoms. The van der Waals surface area contributed by atoms with Gasteiger partial charge in [0.2, 0.25) is 0 Å². The second-order valence-electron chi connectivity index (χ2n) is 4.38. The highest BCUT2D eigenvalue weighted by Crippen LogP contribution is 2.19. The monoisotopic (exact) mass is 274 g/mol. The summed E-state index contributed by atoms with van der Waals surface area (Å²) in [5.41, 5.74) is 6.94. The second kappa shape index (κ2) is 5.04. The van der Waals surface area contributed by atoms with Gasteiger partial charge in [0, 0.05) is 7.05 Å². The fraction of sp³-hybridized carbons (Fsp3) is 0.154. The molecule has 7 heteroatoms. The normalized spacial score (nSPS) is 10.3. The SMILES string of the molecule is Cc1ccc(NC(=O)c2cnn(C)c2N)c(C(=O)O)c1. The number of rotatable bonds is 3. The van der Waals surface area contributed by atoms with Gasteiger partial charge in [0.15, 0.2) is 0 Å². The summed E-state index contributed by atoms with van der Waals surface area (Å²) in [6, 6.07) is 4.75. The Labute approximate surface area is 115 Å². The number of carboxylic acid groups (broad SMARTS) is 1. The third-order valence-electron chi connectivity index (χ3n) is 2.88. The van der Waals surface area contributed by atoms with E-state index in [0.29, 0.717) is 0 Å². The van der Waals surface area contributed by atoms with Gasteiger partial charge in [-0.3, -0.25) is 9.48 Å². The molecular weight excluding hydrogens is 260 g/mol. The number of benzene rings is 1. The van der Waals surface area contributed by atoms with Gasteiger partial charge >= 0.3 is 5.97 Å². The van der Waals surface area contributed by atoms with Crippen LogP contribution in [0.3, 0.4) is 0 Å². The van der Waals surface area contributed by atoms with Crippen LogP contribution < -0.4 is 11.1 Å². The number of carbonyl (C=O) groups is 2. The molecule has 0 radical (unpaired) electrons. The Hall–Kier alpha value is -2.83. The van der Waals surface area contributed by atoms with E-state index in [1.807, 2.05) is 0 Å². The maximum atomic E-state index is 12.1. The van der Waals surface area contributed by atoms with Gasteiger partial charge in [0.05, 0.1) is 17.4 Å². The summed E-state index contributed by atoms with van der Waals surface area (Å²) in [5, 5.41) is 15.5. The Balaban J connectivity index is 2.33. The smallest absolute Gasteiger partial charge is 0.337 e. The van der Waals surface area contributed by atoms with Crippen molar-refractivity contribution >= 4 is 23.4 Å². The minimum absolute atomic E-state index is 0.0285. The number of anilines is 2. The van der Waals surface area contributed by atoms with Crippen LogP contribution in [0, 0.1) is 6.92 Å². The first-order chi connectivity index (χ1) is 9.40. The molecule has 0 aliphatic rings. The molecule has 1 amide bonds. The quantitative estimate of drug-likeness (QED) is 0.780. The summed E-state index contributed by atoms with van der Waals surface area (Å²) in [5.74, 6) is -1.39. The molecule has 1 heterocycles. The number of hydrogen-bond acceptors (Lipinski definition) is 4. The molecule has 20 heavy (non-hydrogen) atoms. The molecule has 0 aliphatic heterocycles. The summed E-state index contributed by atoms with van der Waals surface area (Å²) in [6.07, 6.45) is 1.33. The number of nitrogens with two attached hydrogens (primary N) is 1. The van der Waals surface area contributed by atoms with Crippen molar-refractivity contribution in [2.24, 2.45) is 7.05 Å². The van der Waals surface area contributed by atoms with Crippen molar-refractivity contribution in [3.8, 4) is 0 Å². The van der Waals surface area contributed by atoms with E-state index in [4.69, 9.17) is 10.8 Å². The highest BCUT2D eigenvalue weighted by molar-refractivity contribution is 6.09. The third kappa shape index (κ3) is 2.46. The Kier molecular flexibility index (Phi) is 3.43. The summed E-state index contributed by atoms with van der Waals surface area (Å²) >= 11 is 0. The predicted octanol–water partition coefficient (Wildman–Crippen LogP) is 1.26. The number of aryl methyl sites for hydroxylation is 2. The molecule has 2 rings (SSSR count). The topological polar surface area (TPSA) is 110 Å². The zero-order valence-electron chi connectivity index (χ0n) is 11.0. The van der Waals surface area contributed by atoms with E-state index < -0.39 is 11.9 Å². The van der Waals surface area contributed by atoms with E-state index >= 15 is 0 Å². The summed E-state index contributed by atoms with van der Waals surface area (Å²) in [4.78, 5) is 23.2. The van der Waals surface area contributed by atoms with E-state index in [2.05, 4.69) is 10.4 Å². The van der Waals surface area contributed by atoms with Crippen LogP contribution in [0.2, 0.25) is 0 Å². The maximum absolute atomic E-state index is 12.1. The van der Waals surface area contributed by atoms with Crippen molar-refractivity contribution in [1.82, 2.24) is 9.78 Å². The van der Waals surface area contributed by atoms with Crippen LogP contribution in [-0.2, 0) is 7.05 Å². The van der Waals surface area contributed by atoms with Crippen molar-refractivity contribution in [2.75, 3.05) is 11.1 Å². The van der Waals surface area contributed by atoms with Gasteiger partial charge in [-0.15, -0.1) is 0 Å². The lowest BCUT2D eigenvalue weighted by Crippen LogP contribution is -2.16. The minimum Gasteiger partial charge on any atom is -0.478 e. The average molecular weight is 274 g/mol. The number of carboxylic acids is 1. The molecule has 0 aliphatic carbocycles. The van der Waals surface area contributed by atoms with Gasteiger partial charge in [-0.2, -0.15) is 5.10 Å². The number of nitrogens with one attached hydrogen (secondary N) is 1. The van der Waals surface area contributed by atoms with E-state index in [1.165, 1.54) is 16.9 Å². The molecule has 0 unspecified atom stereocenters. The zero-order valence-corrected chi connectivity index (χ0v) is 11.0. The molecule has 0 fully saturated rings. The van der Waals surface area contributed by atoms with Crippen molar-refractivity contribution in [3.63, 3.8) is 0 Å². The Morgan fingerprint density at radius 2 is 2.05 bits per heavy atom. The summed E-state index contributed by atoms with van der Waals surface area (Å²) in [7, 11) is 1.61. The molecule has 7 nitrogen and oxygen atoms in total. The number of aromatic nitrogens is 2. The lowest BCUT2D eigenvalue weighted by molar-refractivity contribution is 0.0698. The largest absolute Gasteiger partial charge is 0.478 e. The molecule has 0 atom stereocenters. The lowest BCUT2D eigenvalue weighted by atomic mass is 10.1. The molecule has 0 bridgehead atoms. The minimum atomic E-state index is -1.11. The Bertz CT molecular complexity index is 691. The second-order valence-corrected chi connectivity index (χ2v) is 4.38. The van der Waals surface area contributed by atoms with Gasteiger partial charge in [0.25, 0.3) is 5.91 Å². The predicted molar refractivity (Wildman–Crippen MR) is 73.7 cm³/mol. The van der Waals surface area contributed by atoms with Crippen molar-refractivity contribution < 1.29 is 14.7 Å². The molecule has 0 saturated heterocycles. The number of amides is 1. The van der Waals surface area contributed by atoms with Crippen molar-refractivity contribution in [1.29, 1.82) is 0 Å². The lowest BCUT2D eigenvalue weighted by Gasteiger charge is -2.09. The van der Waals surface area contributed by atoms with Gasteiger partial charge in [-0.1, -0.05) is 11.6 Å². The Morgan fingerprint density at radius 3 is 2.60 bits per heavy atom. The summed E-state index contributed by atoms with van der Waals surface area (Å²) in [6.45, 7) is 1.77. The third-order valence-corrected chi connectivity index (χ3v) is 2.88. The van der Waals surface area contributed by atoms with Crippen LogP contribution in [0.4, 0.5) is 11.5 Å². The first-order valence-corrected chi connectivity index (χ1v) is 5.83.